The van der Waals surface area contributed by atoms with Gasteiger partial charge in [0.25, 0.3) is 0 Å². The number of rotatable bonds is 5. The second-order valence-corrected chi connectivity index (χ2v) is 2.15. The van der Waals surface area contributed by atoms with Crippen LogP contribution in [0.5, 0.6) is 0 Å². The maximum atomic E-state index is 3.96. The van der Waals surface area contributed by atoms with Crippen molar-refractivity contribution in [2.24, 2.45) is 10.1 Å². The number of hydrogen-bond donors (Lipinski definition) is 0. The van der Waals surface area contributed by atoms with E-state index in [0.717, 1.165) is 6.54 Å². The maximum absolute atomic E-state index is 3.96. The van der Waals surface area contributed by atoms with Crippen LogP contribution >= 0.6 is 0 Å². The summed E-state index contributed by atoms with van der Waals surface area (Å²) in [5.74, 6) is 0. The summed E-state index contributed by atoms with van der Waals surface area (Å²) in [5.41, 5.74) is 0. The van der Waals surface area contributed by atoms with Crippen LogP contribution in [0.3, 0.4) is 0 Å². The number of hydrogen-bond acceptors (Lipinski definition) is 2. The van der Waals surface area contributed by atoms with Crippen LogP contribution in [0.4, 0.5) is 0 Å². The van der Waals surface area contributed by atoms with E-state index in [1.165, 1.54) is 19.2 Å². The highest BCUT2D eigenvalue weighted by molar-refractivity contribution is 5.61. The molecule has 0 fully saturated rings. The number of aliphatic imine (C=N–C) groups is 1. The van der Waals surface area contributed by atoms with Crippen molar-refractivity contribution in [3.63, 3.8) is 0 Å². The van der Waals surface area contributed by atoms with E-state index in [0.29, 0.717) is 0 Å². The van der Waals surface area contributed by atoms with Crippen LogP contribution in [0.15, 0.2) is 10.1 Å². The zero-order chi connectivity index (χ0) is 7.82. The van der Waals surface area contributed by atoms with Gasteiger partial charge < -0.3 is 0 Å². The van der Waals surface area contributed by atoms with Crippen molar-refractivity contribution in [3.8, 4) is 0 Å². The van der Waals surface area contributed by atoms with Crippen molar-refractivity contribution in [1.29, 1.82) is 0 Å². The number of hydrazone groups is 1. The van der Waals surface area contributed by atoms with Crippen LogP contribution in [0.25, 0.3) is 0 Å². The summed E-state index contributed by atoms with van der Waals surface area (Å²) < 4.78 is 0. The van der Waals surface area contributed by atoms with Gasteiger partial charge in [0.05, 0.1) is 0 Å². The summed E-state index contributed by atoms with van der Waals surface area (Å²) in [6.45, 7) is 6.43. The molecule has 0 saturated carbocycles. The molecule has 0 N–H and O–H groups in total. The first-order valence-electron chi connectivity index (χ1n) is 3.50. The predicted octanol–water partition coefficient (Wildman–Crippen LogP) is 1.36. The van der Waals surface area contributed by atoms with Crippen molar-refractivity contribution in [2.45, 2.75) is 19.8 Å². The summed E-state index contributed by atoms with van der Waals surface area (Å²) >= 11 is 0. The van der Waals surface area contributed by atoms with Crippen molar-refractivity contribution in [3.05, 3.63) is 0 Å². The van der Waals surface area contributed by atoms with E-state index in [1.54, 1.807) is 0 Å². The Morgan fingerprint density at radius 3 is 2.80 bits per heavy atom. The van der Waals surface area contributed by atoms with Crippen molar-refractivity contribution < 1.29 is 0 Å². The fraction of sp³-hybridized carbons (Fsp3) is 0.714. The molecule has 3 heteroatoms. The molecule has 0 aromatic heterocycles. The van der Waals surface area contributed by atoms with E-state index >= 15 is 0 Å². The Labute approximate surface area is 62.4 Å². The van der Waals surface area contributed by atoms with Gasteiger partial charge in [0.2, 0.25) is 0 Å². The minimum Gasteiger partial charge on any atom is -0.299 e. The molecule has 0 amide bonds. The van der Waals surface area contributed by atoms with Crippen molar-refractivity contribution in [1.82, 2.24) is 5.01 Å². The largest absolute Gasteiger partial charge is 0.299 e. The highest BCUT2D eigenvalue weighted by Crippen LogP contribution is 1.90. The van der Waals surface area contributed by atoms with Gasteiger partial charge >= 0.3 is 0 Å². The third kappa shape index (κ3) is 5.28. The molecule has 3 nitrogen and oxygen atoms in total. The first-order valence-corrected chi connectivity index (χ1v) is 3.50. The van der Waals surface area contributed by atoms with E-state index < -0.39 is 0 Å². The zero-order valence-electron chi connectivity index (χ0n) is 6.75. The molecule has 0 aliphatic rings. The smallest absolute Gasteiger partial charge is 0.134 e. The molecular formula is C7H15N3. The molecule has 0 heterocycles. The Hall–Kier alpha value is -0.860. The molecule has 10 heavy (non-hydrogen) atoms. The van der Waals surface area contributed by atoms with Gasteiger partial charge in [-0.15, -0.1) is 0 Å². The monoisotopic (exact) mass is 141 g/mol. The van der Waals surface area contributed by atoms with Crippen LogP contribution in [0, 0.1) is 0 Å². The fourth-order valence-electron chi connectivity index (χ4n) is 0.569. The minimum absolute atomic E-state index is 0.989. The number of nitrogens with zero attached hydrogens (tertiary/aromatic N) is 3. The van der Waals surface area contributed by atoms with Gasteiger partial charge in [0.15, 0.2) is 0 Å². The summed E-state index contributed by atoms with van der Waals surface area (Å²) in [7, 11) is 1.93. The lowest BCUT2D eigenvalue weighted by atomic mass is 10.3. The average Bonchev–Trinajstić information content (AvgIpc) is 1.97. The minimum atomic E-state index is 0.989. The van der Waals surface area contributed by atoms with Crippen molar-refractivity contribution in [2.75, 3.05) is 13.6 Å². The second kappa shape index (κ2) is 6.26. The zero-order valence-corrected chi connectivity index (χ0v) is 6.75. The Kier molecular flexibility index (Phi) is 5.72. The summed E-state index contributed by atoms with van der Waals surface area (Å²) in [4.78, 5) is 3.50. The molecule has 0 rings (SSSR count). The molecule has 58 valence electrons. The Balaban J connectivity index is 3.32. The lowest BCUT2D eigenvalue weighted by Gasteiger charge is -2.09. The molecule has 0 radical (unpaired) electrons. The molecular weight excluding hydrogens is 126 g/mol. The van der Waals surface area contributed by atoms with Gasteiger partial charge in [-0.2, -0.15) is 5.10 Å². The third-order valence-corrected chi connectivity index (χ3v) is 1.17. The van der Waals surface area contributed by atoms with Gasteiger partial charge in [-0.25, -0.2) is 0 Å². The van der Waals surface area contributed by atoms with Gasteiger partial charge in [-0.05, 0) is 13.1 Å². The lowest BCUT2D eigenvalue weighted by molar-refractivity contribution is 0.348. The Bertz CT molecular complexity index is 109. The fourth-order valence-corrected chi connectivity index (χ4v) is 0.569. The summed E-state index contributed by atoms with van der Waals surface area (Å²) in [5, 5.41) is 5.82. The summed E-state index contributed by atoms with van der Waals surface area (Å²) in [6, 6.07) is 0. The Morgan fingerprint density at radius 1 is 1.60 bits per heavy atom. The summed E-state index contributed by atoms with van der Waals surface area (Å²) in [6.07, 6.45) is 3.82. The SMILES string of the molecule is C=N/C=N\N(C)CCCC. The highest BCUT2D eigenvalue weighted by atomic mass is 15.4. The van der Waals surface area contributed by atoms with E-state index in [2.05, 4.69) is 23.7 Å². The molecule has 0 bridgehead atoms. The molecule has 0 atom stereocenters. The Morgan fingerprint density at radius 2 is 2.30 bits per heavy atom. The quantitative estimate of drug-likeness (QED) is 0.323. The van der Waals surface area contributed by atoms with Gasteiger partial charge in [0.1, 0.15) is 6.34 Å². The lowest BCUT2D eigenvalue weighted by Crippen LogP contribution is -2.11. The highest BCUT2D eigenvalue weighted by Gasteiger charge is 1.87. The van der Waals surface area contributed by atoms with Crippen LogP contribution in [0.2, 0.25) is 0 Å². The molecule has 0 aromatic carbocycles. The van der Waals surface area contributed by atoms with Crippen LogP contribution in [-0.4, -0.2) is 31.7 Å². The van der Waals surface area contributed by atoms with Crippen molar-refractivity contribution >= 4 is 13.1 Å². The number of unbranched alkanes of at least 4 members (excludes halogenated alkanes) is 1. The average molecular weight is 141 g/mol. The normalized spacial score (nSPS) is 10.2. The topological polar surface area (TPSA) is 28.0 Å². The van der Waals surface area contributed by atoms with E-state index in [9.17, 15) is 0 Å². The van der Waals surface area contributed by atoms with Crippen LogP contribution in [0.1, 0.15) is 19.8 Å². The molecule has 0 aliphatic carbocycles. The third-order valence-electron chi connectivity index (χ3n) is 1.17. The first-order chi connectivity index (χ1) is 4.81. The van der Waals surface area contributed by atoms with Crippen LogP contribution in [-0.2, 0) is 0 Å². The second-order valence-electron chi connectivity index (χ2n) is 2.15. The van der Waals surface area contributed by atoms with Gasteiger partial charge in [-0.3, -0.25) is 10.0 Å². The van der Waals surface area contributed by atoms with Gasteiger partial charge in [0, 0.05) is 13.6 Å². The molecule has 0 unspecified atom stereocenters. The molecule has 0 saturated heterocycles. The first kappa shape index (κ1) is 9.14. The predicted molar refractivity (Wildman–Crippen MR) is 45.6 cm³/mol. The maximum Gasteiger partial charge on any atom is 0.134 e. The standard InChI is InChI=1S/C7H15N3/c1-4-5-6-10(3)9-7-8-2/h7H,2,4-6H2,1,3H3/b9-7-. The molecule has 0 aromatic rings. The molecule has 0 spiro atoms. The van der Waals surface area contributed by atoms with Crippen LogP contribution < -0.4 is 0 Å². The van der Waals surface area contributed by atoms with E-state index in [1.807, 2.05) is 12.1 Å². The van der Waals surface area contributed by atoms with E-state index in [4.69, 9.17) is 0 Å². The molecule has 0 aliphatic heterocycles. The van der Waals surface area contributed by atoms with E-state index in [-0.39, 0.29) is 0 Å². The van der Waals surface area contributed by atoms with Gasteiger partial charge in [-0.1, -0.05) is 13.3 Å².